The molecule has 1 amide bonds. The molecule has 0 saturated carbocycles. The fraction of sp³-hybridized carbons (Fsp3) is 0.316. The Hall–Kier alpha value is -2.69. The number of aromatic amines is 1. The number of anilines is 1. The summed E-state index contributed by atoms with van der Waals surface area (Å²) in [7, 11) is 0. The minimum atomic E-state index is -0.498. The fourth-order valence-electron chi connectivity index (χ4n) is 3.48. The van der Waals surface area contributed by atoms with Crippen LogP contribution in [0.15, 0.2) is 36.7 Å². The molecule has 1 N–H and O–H groups in total. The van der Waals surface area contributed by atoms with Crippen molar-refractivity contribution in [3.05, 3.63) is 53.6 Å². The number of carbonyl (C=O) groups is 1. The minimum absolute atomic E-state index is 0.156. The van der Waals surface area contributed by atoms with Crippen LogP contribution in [0.25, 0.3) is 11.0 Å². The number of likely N-dealkylation sites (N-methyl/N-ethyl adjacent to an activating group) is 1. The van der Waals surface area contributed by atoms with Gasteiger partial charge >= 0.3 is 0 Å². The first kappa shape index (κ1) is 14.9. The van der Waals surface area contributed by atoms with E-state index in [1.54, 1.807) is 6.20 Å². The number of hydrogen-bond acceptors (Lipinski definition) is 3. The van der Waals surface area contributed by atoms with Gasteiger partial charge in [-0.3, -0.25) is 9.78 Å². The fourth-order valence-corrected chi connectivity index (χ4v) is 3.48. The van der Waals surface area contributed by atoms with Crippen molar-refractivity contribution in [2.24, 2.45) is 0 Å². The lowest BCUT2D eigenvalue weighted by atomic mass is 9.86. The second kappa shape index (κ2) is 5.16. The van der Waals surface area contributed by atoms with Crippen molar-refractivity contribution in [1.82, 2.24) is 15.0 Å². The molecular weight excluding hydrogens is 300 g/mol. The summed E-state index contributed by atoms with van der Waals surface area (Å²) in [5.74, 6) is 1.07. The molecule has 3 aromatic rings. The van der Waals surface area contributed by atoms with Crippen molar-refractivity contribution in [2.45, 2.75) is 32.6 Å². The normalized spacial score (nSPS) is 16.0. The first-order valence-electron chi connectivity index (χ1n) is 8.24. The lowest BCUT2D eigenvalue weighted by Crippen LogP contribution is -2.35. The third kappa shape index (κ3) is 2.12. The average molecular weight is 320 g/mol. The van der Waals surface area contributed by atoms with Gasteiger partial charge in [0.2, 0.25) is 5.91 Å². The smallest absolute Gasteiger partial charge is 0.237 e. The lowest BCUT2D eigenvalue weighted by Gasteiger charge is -2.18. The molecule has 0 spiro atoms. The van der Waals surface area contributed by atoms with E-state index in [4.69, 9.17) is 4.98 Å². The summed E-state index contributed by atoms with van der Waals surface area (Å²) in [5.41, 5.74) is 4.55. The maximum absolute atomic E-state index is 12.6. The molecule has 3 heterocycles. The Bertz CT molecular complexity index is 927. The van der Waals surface area contributed by atoms with E-state index in [1.807, 2.05) is 44.0 Å². The third-order valence-corrected chi connectivity index (χ3v) is 4.80. The highest BCUT2D eigenvalue weighted by Crippen LogP contribution is 2.43. The van der Waals surface area contributed by atoms with Crippen LogP contribution in [0.4, 0.5) is 5.69 Å². The van der Waals surface area contributed by atoms with Crippen LogP contribution in [0.3, 0.4) is 0 Å². The van der Waals surface area contributed by atoms with Gasteiger partial charge in [-0.2, -0.15) is 0 Å². The number of aromatic nitrogens is 3. The molecule has 0 fully saturated rings. The molecule has 122 valence electrons. The van der Waals surface area contributed by atoms with E-state index in [2.05, 4.69) is 22.1 Å². The summed E-state index contributed by atoms with van der Waals surface area (Å²) < 4.78 is 0. The van der Waals surface area contributed by atoms with E-state index in [9.17, 15) is 4.79 Å². The first-order chi connectivity index (χ1) is 11.5. The first-order valence-corrected chi connectivity index (χ1v) is 8.24. The molecule has 24 heavy (non-hydrogen) atoms. The van der Waals surface area contributed by atoms with Gasteiger partial charge in [-0.15, -0.1) is 0 Å². The molecule has 2 aromatic heterocycles. The Morgan fingerprint density at radius 1 is 1.29 bits per heavy atom. The van der Waals surface area contributed by atoms with Crippen LogP contribution in [0.1, 0.15) is 37.7 Å². The van der Waals surface area contributed by atoms with Gasteiger partial charge < -0.3 is 9.88 Å². The zero-order valence-corrected chi connectivity index (χ0v) is 14.1. The van der Waals surface area contributed by atoms with Gasteiger partial charge in [-0.1, -0.05) is 6.07 Å². The molecule has 5 nitrogen and oxygen atoms in total. The van der Waals surface area contributed by atoms with Gasteiger partial charge in [0.25, 0.3) is 0 Å². The quantitative estimate of drug-likeness (QED) is 0.806. The predicted molar refractivity (Wildman–Crippen MR) is 94.2 cm³/mol. The number of H-pyrrole nitrogens is 1. The minimum Gasteiger partial charge on any atom is -0.342 e. The zero-order chi connectivity index (χ0) is 16.9. The highest BCUT2D eigenvalue weighted by Gasteiger charge is 2.43. The van der Waals surface area contributed by atoms with Crippen molar-refractivity contribution in [3.63, 3.8) is 0 Å². The number of amides is 1. The van der Waals surface area contributed by atoms with Crippen molar-refractivity contribution in [3.8, 4) is 0 Å². The Morgan fingerprint density at radius 2 is 2.12 bits per heavy atom. The molecule has 0 unspecified atom stereocenters. The van der Waals surface area contributed by atoms with E-state index in [-0.39, 0.29) is 5.91 Å². The van der Waals surface area contributed by atoms with Gasteiger partial charge in [-0.25, -0.2) is 4.98 Å². The van der Waals surface area contributed by atoms with Gasteiger partial charge in [0, 0.05) is 25.4 Å². The summed E-state index contributed by atoms with van der Waals surface area (Å²) >= 11 is 0. The molecule has 0 bridgehead atoms. The second-order valence-corrected chi connectivity index (χ2v) is 6.78. The number of imidazole rings is 1. The van der Waals surface area contributed by atoms with E-state index < -0.39 is 5.41 Å². The summed E-state index contributed by atoms with van der Waals surface area (Å²) in [4.78, 5) is 26.7. The third-order valence-electron chi connectivity index (χ3n) is 4.80. The predicted octanol–water partition coefficient (Wildman–Crippen LogP) is 3.19. The van der Waals surface area contributed by atoms with Gasteiger partial charge in [0.05, 0.1) is 22.1 Å². The molecule has 1 aliphatic heterocycles. The average Bonchev–Trinajstić information content (AvgIpc) is 3.03. The maximum Gasteiger partial charge on any atom is 0.237 e. The van der Waals surface area contributed by atoms with Crippen LogP contribution in [-0.2, 0) is 16.6 Å². The number of carbonyl (C=O) groups excluding carboxylic acids is 1. The lowest BCUT2D eigenvalue weighted by molar-refractivity contribution is -0.122. The van der Waals surface area contributed by atoms with E-state index in [0.717, 1.165) is 33.7 Å². The van der Waals surface area contributed by atoms with Crippen LogP contribution in [-0.4, -0.2) is 27.4 Å². The molecule has 5 heteroatoms. The van der Waals surface area contributed by atoms with Crippen molar-refractivity contribution in [2.75, 3.05) is 11.4 Å². The molecule has 1 aliphatic rings. The van der Waals surface area contributed by atoms with Crippen molar-refractivity contribution < 1.29 is 4.79 Å². The standard InChI is InChI=1S/C19H20N4O/c1-4-23-16-10-15-14(9-13(16)19(2,3)18(23)24)21-17(22-15)8-12-6-5-7-20-11-12/h5-7,9-11H,4,8H2,1-3H3,(H,21,22). The number of fused-ring (bicyclic) bond motifs is 2. The van der Waals surface area contributed by atoms with Gasteiger partial charge in [-0.05, 0) is 50.1 Å². The topological polar surface area (TPSA) is 61.9 Å². The van der Waals surface area contributed by atoms with Crippen LogP contribution >= 0.6 is 0 Å². The van der Waals surface area contributed by atoms with Crippen LogP contribution in [0.5, 0.6) is 0 Å². The zero-order valence-electron chi connectivity index (χ0n) is 14.1. The molecular formula is C19H20N4O. The summed E-state index contributed by atoms with van der Waals surface area (Å²) in [6.45, 7) is 6.66. The largest absolute Gasteiger partial charge is 0.342 e. The van der Waals surface area contributed by atoms with Gasteiger partial charge in [0.15, 0.2) is 0 Å². The van der Waals surface area contributed by atoms with Crippen molar-refractivity contribution in [1.29, 1.82) is 0 Å². The number of nitrogens with one attached hydrogen (secondary N) is 1. The number of rotatable bonds is 3. The number of benzene rings is 1. The number of nitrogens with zero attached hydrogens (tertiary/aromatic N) is 3. The van der Waals surface area contributed by atoms with Crippen LogP contribution in [0, 0.1) is 0 Å². The Kier molecular flexibility index (Phi) is 3.20. The molecule has 1 aromatic carbocycles. The summed E-state index contributed by atoms with van der Waals surface area (Å²) in [6.07, 6.45) is 4.34. The second-order valence-electron chi connectivity index (χ2n) is 6.78. The van der Waals surface area contributed by atoms with Crippen LogP contribution in [0.2, 0.25) is 0 Å². The number of hydrogen-bond donors (Lipinski definition) is 1. The van der Waals surface area contributed by atoms with Crippen LogP contribution < -0.4 is 4.90 Å². The Balaban J connectivity index is 1.79. The maximum atomic E-state index is 12.6. The Labute approximate surface area is 140 Å². The summed E-state index contributed by atoms with van der Waals surface area (Å²) in [6, 6.07) is 8.09. The number of pyridine rings is 1. The van der Waals surface area contributed by atoms with Crippen molar-refractivity contribution >= 4 is 22.6 Å². The molecule has 0 radical (unpaired) electrons. The van der Waals surface area contributed by atoms with E-state index in [0.29, 0.717) is 13.0 Å². The van der Waals surface area contributed by atoms with E-state index >= 15 is 0 Å². The molecule has 0 saturated heterocycles. The van der Waals surface area contributed by atoms with Gasteiger partial charge in [0.1, 0.15) is 5.82 Å². The highest BCUT2D eigenvalue weighted by molar-refractivity contribution is 6.09. The SMILES string of the molecule is CCN1C(=O)C(C)(C)c2cc3nc(Cc4cccnc4)[nH]c3cc21. The molecule has 0 atom stereocenters. The molecule has 0 aliphatic carbocycles. The van der Waals surface area contributed by atoms with E-state index in [1.165, 1.54) is 0 Å². The highest BCUT2D eigenvalue weighted by atomic mass is 16.2. The summed E-state index contributed by atoms with van der Waals surface area (Å²) in [5, 5.41) is 0. The Morgan fingerprint density at radius 3 is 2.83 bits per heavy atom. The monoisotopic (exact) mass is 320 g/mol. The molecule has 4 rings (SSSR count).